The van der Waals surface area contributed by atoms with Crippen LogP contribution < -0.4 is 14.9 Å². The Balaban J connectivity index is 1.47. The standard InChI is InChI=1S/C22H15BrClFN2O4/c23-19-11-16(24)6-9-20(19)30-13-21(28)27-26-12-14-4-7-18(8-5-14)31-22(29)15-2-1-3-17(25)10-15/h1-12H,13H2,(H,27,28). The number of amides is 1. The first-order chi connectivity index (χ1) is 14.9. The summed E-state index contributed by atoms with van der Waals surface area (Å²) in [5.74, 6) is -0.863. The van der Waals surface area contributed by atoms with E-state index < -0.39 is 17.7 Å². The lowest BCUT2D eigenvalue weighted by Gasteiger charge is -2.07. The quantitative estimate of drug-likeness (QED) is 0.212. The molecular formula is C22H15BrClFN2O4. The van der Waals surface area contributed by atoms with Gasteiger partial charge in [0, 0.05) is 5.02 Å². The van der Waals surface area contributed by atoms with E-state index in [1.165, 1.54) is 24.4 Å². The van der Waals surface area contributed by atoms with Crippen molar-refractivity contribution in [2.24, 2.45) is 5.10 Å². The predicted octanol–water partition coefficient (Wildman–Crippen LogP) is 4.99. The highest BCUT2D eigenvalue weighted by atomic mass is 79.9. The molecule has 0 saturated carbocycles. The number of rotatable bonds is 7. The SMILES string of the molecule is O=C(COc1ccc(Cl)cc1Br)NN=Cc1ccc(OC(=O)c2cccc(F)c2)cc1. The molecule has 0 aromatic heterocycles. The van der Waals surface area contributed by atoms with Crippen molar-refractivity contribution in [3.05, 3.63) is 93.2 Å². The second kappa shape index (κ2) is 10.7. The number of nitrogens with one attached hydrogen (secondary N) is 1. The van der Waals surface area contributed by atoms with Gasteiger partial charge >= 0.3 is 5.97 Å². The van der Waals surface area contributed by atoms with Crippen molar-refractivity contribution in [3.8, 4) is 11.5 Å². The average Bonchev–Trinajstić information content (AvgIpc) is 2.74. The van der Waals surface area contributed by atoms with Gasteiger partial charge in [-0.2, -0.15) is 5.10 Å². The van der Waals surface area contributed by atoms with E-state index in [0.29, 0.717) is 20.8 Å². The maximum atomic E-state index is 13.2. The summed E-state index contributed by atoms with van der Waals surface area (Å²) in [6.45, 7) is -0.230. The van der Waals surface area contributed by atoms with Crippen LogP contribution in [0.3, 0.4) is 0 Å². The molecule has 0 aliphatic rings. The monoisotopic (exact) mass is 504 g/mol. The fourth-order valence-electron chi connectivity index (χ4n) is 2.35. The van der Waals surface area contributed by atoms with Crippen LogP contribution in [0.5, 0.6) is 11.5 Å². The summed E-state index contributed by atoms with van der Waals surface area (Å²) in [5, 5.41) is 4.40. The maximum absolute atomic E-state index is 13.2. The molecule has 1 N–H and O–H groups in total. The fourth-order valence-corrected chi connectivity index (χ4v) is 3.15. The van der Waals surface area contributed by atoms with Crippen molar-refractivity contribution in [2.75, 3.05) is 6.61 Å². The number of esters is 1. The molecule has 31 heavy (non-hydrogen) atoms. The van der Waals surface area contributed by atoms with Crippen LogP contribution in [0.15, 0.2) is 76.3 Å². The molecule has 0 aliphatic carbocycles. The Kier molecular flexibility index (Phi) is 7.75. The number of hydrogen-bond acceptors (Lipinski definition) is 5. The summed E-state index contributed by atoms with van der Waals surface area (Å²) < 4.78 is 24.4. The van der Waals surface area contributed by atoms with Gasteiger partial charge in [0.15, 0.2) is 6.61 Å². The molecule has 0 spiro atoms. The molecule has 0 fully saturated rings. The van der Waals surface area contributed by atoms with Gasteiger partial charge in [-0.1, -0.05) is 17.7 Å². The molecule has 3 rings (SSSR count). The van der Waals surface area contributed by atoms with E-state index in [-0.39, 0.29) is 17.9 Å². The van der Waals surface area contributed by atoms with Gasteiger partial charge in [0.05, 0.1) is 16.3 Å². The van der Waals surface area contributed by atoms with Crippen LogP contribution in [-0.4, -0.2) is 24.7 Å². The third-order valence-electron chi connectivity index (χ3n) is 3.81. The van der Waals surface area contributed by atoms with Crippen LogP contribution in [0.25, 0.3) is 0 Å². The number of halogens is 3. The average molecular weight is 506 g/mol. The molecule has 0 bridgehead atoms. The Labute approximate surface area is 190 Å². The van der Waals surface area contributed by atoms with E-state index in [1.807, 2.05) is 0 Å². The summed E-state index contributed by atoms with van der Waals surface area (Å²) in [4.78, 5) is 23.9. The van der Waals surface area contributed by atoms with Gasteiger partial charge in [0.1, 0.15) is 17.3 Å². The lowest BCUT2D eigenvalue weighted by atomic mass is 10.2. The largest absolute Gasteiger partial charge is 0.483 e. The van der Waals surface area contributed by atoms with Gasteiger partial charge in [-0.05, 0) is 82.2 Å². The van der Waals surface area contributed by atoms with Crippen molar-refractivity contribution in [1.29, 1.82) is 0 Å². The molecule has 6 nitrogen and oxygen atoms in total. The highest BCUT2D eigenvalue weighted by Crippen LogP contribution is 2.27. The van der Waals surface area contributed by atoms with E-state index in [0.717, 1.165) is 6.07 Å². The van der Waals surface area contributed by atoms with Gasteiger partial charge in [0.25, 0.3) is 5.91 Å². The predicted molar refractivity (Wildman–Crippen MR) is 118 cm³/mol. The lowest BCUT2D eigenvalue weighted by Crippen LogP contribution is -2.24. The van der Waals surface area contributed by atoms with E-state index in [4.69, 9.17) is 21.1 Å². The summed E-state index contributed by atoms with van der Waals surface area (Å²) >= 11 is 9.15. The van der Waals surface area contributed by atoms with Gasteiger partial charge < -0.3 is 9.47 Å². The van der Waals surface area contributed by atoms with Gasteiger partial charge in [-0.25, -0.2) is 14.6 Å². The molecule has 3 aromatic rings. The Morgan fingerprint density at radius 3 is 2.58 bits per heavy atom. The van der Waals surface area contributed by atoms with Crippen molar-refractivity contribution < 1.29 is 23.5 Å². The Morgan fingerprint density at radius 1 is 1.10 bits per heavy atom. The molecule has 1 amide bonds. The topological polar surface area (TPSA) is 77.0 Å². The van der Waals surface area contributed by atoms with E-state index in [9.17, 15) is 14.0 Å². The Hall–Kier alpha value is -3.23. The highest BCUT2D eigenvalue weighted by molar-refractivity contribution is 9.10. The molecule has 0 aliphatic heterocycles. The number of ether oxygens (including phenoxy) is 2. The maximum Gasteiger partial charge on any atom is 0.343 e. The van der Waals surface area contributed by atoms with Crippen molar-refractivity contribution in [1.82, 2.24) is 5.43 Å². The summed E-state index contributed by atoms with van der Waals surface area (Å²) in [7, 11) is 0. The number of hydrogen-bond donors (Lipinski definition) is 1. The van der Waals surface area contributed by atoms with Crippen LogP contribution in [0.1, 0.15) is 15.9 Å². The third-order valence-corrected chi connectivity index (χ3v) is 4.66. The molecule has 158 valence electrons. The molecule has 0 atom stereocenters. The highest BCUT2D eigenvalue weighted by Gasteiger charge is 2.09. The Morgan fingerprint density at radius 2 is 1.87 bits per heavy atom. The van der Waals surface area contributed by atoms with Crippen molar-refractivity contribution in [2.45, 2.75) is 0 Å². The van der Waals surface area contributed by atoms with Crippen LogP contribution in [0.4, 0.5) is 4.39 Å². The number of benzene rings is 3. The Bertz CT molecular complexity index is 1120. The minimum absolute atomic E-state index is 0.112. The van der Waals surface area contributed by atoms with Crippen LogP contribution in [0, 0.1) is 5.82 Å². The number of carbonyl (C=O) groups is 2. The van der Waals surface area contributed by atoms with E-state index in [2.05, 4.69) is 26.5 Å². The molecule has 9 heteroatoms. The molecule has 0 unspecified atom stereocenters. The van der Waals surface area contributed by atoms with Gasteiger partial charge in [-0.15, -0.1) is 0 Å². The molecular weight excluding hydrogens is 491 g/mol. The minimum atomic E-state index is -0.666. The number of hydrazone groups is 1. The summed E-state index contributed by atoms with van der Waals surface area (Å²) in [5.41, 5.74) is 3.12. The second-order valence-corrected chi connectivity index (χ2v) is 7.42. The van der Waals surface area contributed by atoms with Crippen LogP contribution in [-0.2, 0) is 4.79 Å². The smallest absolute Gasteiger partial charge is 0.343 e. The number of nitrogens with zero attached hydrogens (tertiary/aromatic N) is 1. The van der Waals surface area contributed by atoms with Gasteiger partial charge in [-0.3, -0.25) is 4.79 Å². The first-order valence-electron chi connectivity index (χ1n) is 8.88. The van der Waals surface area contributed by atoms with Gasteiger partial charge in [0.2, 0.25) is 0 Å². The molecule has 3 aromatic carbocycles. The zero-order valence-electron chi connectivity index (χ0n) is 15.8. The molecule has 0 saturated heterocycles. The lowest BCUT2D eigenvalue weighted by molar-refractivity contribution is -0.123. The molecule has 0 heterocycles. The van der Waals surface area contributed by atoms with Crippen LogP contribution in [0.2, 0.25) is 5.02 Å². The fraction of sp³-hybridized carbons (Fsp3) is 0.0455. The minimum Gasteiger partial charge on any atom is -0.483 e. The first kappa shape index (κ1) is 22.5. The zero-order chi connectivity index (χ0) is 22.2. The zero-order valence-corrected chi connectivity index (χ0v) is 18.2. The van der Waals surface area contributed by atoms with E-state index in [1.54, 1.807) is 42.5 Å². The van der Waals surface area contributed by atoms with Crippen molar-refractivity contribution in [3.63, 3.8) is 0 Å². The first-order valence-corrected chi connectivity index (χ1v) is 10.1. The normalized spacial score (nSPS) is 10.7. The summed E-state index contributed by atoms with van der Waals surface area (Å²) in [6.07, 6.45) is 1.42. The summed E-state index contributed by atoms with van der Waals surface area (Å²) in [6, 6.07) is 16.6. The second-order valence-electron chi connectivity index (χ2n) is 6.13. The van der Waals surface area contributed by atoms with E-state index >= 15 is 0 Å². The number of carbonyl (C=O) groups excluding carboxylic acids is 2. The molecule has 0 radical (unpaired) electrons. The van der Waals surface area contributed by atoms with Crippen LogP contribution >= 0.6 is 27.5 Å². The third kappa shape index (κ3) is 6.91. The van der Waals surface area contributed by atoms with Crippen molar-refractivity contribution >= 4 is 45.6 Å².